The summed E-state index contributed by atoms with van der Waals surface area (Å²) in [5.74, 6) is 0.153. The van der Waals surface area contributed by atoms with Gasteiger partial charge in [0.15, 0.2) is 15.0 Å². The fourth-order valence-corrected chi connectivity index (χ4v) is 3.68. The molecule has 1 heterocycles. The van der Waals surface area contributed by atoms with Crippen LogP contribution in [0.3, 0.4) is 0 Å². The third kappa shape index (κ3) is 3.34. The molecular weight excluding hydrogens is 294 g/mol. The molecule has 0 spiro atoms. The summed E-state index contributed by atoms with van der Waals surface area (Å²) < 4.78 is 27.1. The number of hydrogen-bond donors (Lipinski definition) is 0. The normalized spacial score (nSPS) is 13.1. The molecule has 0 saturated heterocycles. The van der Waals surface area contributed by atoms with Gasteiger partial charge in [0.2, 0.25) is 0 Å². The lowest BCUT2D eigenvalue weighted by atomic mass is 10.3. The van der Waals surface area contributed by atoms with Crippen molar-refractivity contribution in [2.75, 3.05) is 23.5 Å². The summed E-state index contributed by atoms with van der Waals surface area (Å²) in [6, 6.07) is 1.74. The van der Waals surface area contributed by atoms with E-state index in [2.05, 4.69) is 4.37 Å². The molecule has 1 atom stereocenters. The van der Waals surface area contributed by atoms with Gasteiger partial charge in [-0.3, -0.25) is 0 Å². The number of anilines is 1. The van der Waals surface area contributed by atoms with Gasteiger partial charge >= 0.3 is 0 Å². The second kappa shape index (κ2) is 5.87. The van der Waals surface area contributed by atoms with Gasteiger partial charge in [0.25, 0.3) is 0 Å². The van der Waals surface area contributed by atoms with Crippen molar-refractivity contribution >= 4 is 38.0 Å². The first kappa shape index (κ1) is 15.2. The van der Waals surface area contributed by atoms with Gasteiger partial charge in [-0.15, -0.1) is 0 Å². The topological polar surface area (TPSA) is 74.1 Å². The average Bonchev–Trinajstić information content (AvgIpc) is 2.68. The largest absolute Gasteiger partial charge is 0.360 e. The fourth-order valence-electron chi connectivity index (χ4n) is 1.39. The zero-order valence-corrected chi connectivity index (χ0v) is 12.7. The van der Waals surface area contributed by atoms with E-state index in [4.69, 9.17) is 16.9 Å². The Balaban J connectivity index is 2.94. The maximum Gasteiger partial charge on any atom is 0.162 e. The molecule has 0 saturated carbocycles. The van der Waals surface area contributed by atoms with Crippen molar-refractivity contribution in [2.24, 2.45) is 0 Å². The molecule has 0 N–H and O–H groups in total. The van der Waals surface area contributed by atoms with Crippen LogP contribution in [0.5, 0.6) is 0 Å². The van der Waals surface area contributed by atoms with E-state index in [9.17, 15) is 8.42 Å². The van der Waals surface area contributed by atoms with Gasteiger partial charge in [-0.25, -0.2) is 8.42 Å². The van der Waals surface area contributed by atoms with Crippen LogP contribution >= 0.6 is 23.1 Å². The molecule has 1 aromatic heterocycles. The highest BCUT2D eigenvalue weighted by Gasteiger charge is 2.22. The van der Waals surface area contributed by atoms with Crippen molar-refractivity contribution in [1.82, 2.24) is 4.37 Å². The highest BCUT2D eigenvalue weighted by Crippen LogP contribution is 2.31. The minimum Gasteiger partial charge on any atom is -0.360 e. The second-order valence-corrected chi connectivity index (χ2v) is 7.43. The van der Waals surface area contributed by atoms with Gasteiger partial charge in [-0.2, -0.15) is 9.64 Å². The van der Waals surface area contributed by atoms with Crippen LogP contribution < -0.4 is 4.90 Å². The molecule has 0 aliphatic rings. The lowest BCUT2D eigenvalue weighted by molar-refractivity contribution is 0.588. The fraction of sp³-hybridized carbons (Fsp3) is 0.600. The summed E-state index contributed by atoms with van der Waals surface area (Å²) in [6.07, 6.45) is 0. The third-order valence-corrected chi connectivity index (χ3v) is 5.84. The highest BCUT2D eigenvalue weighted by molar-refractivity contribution is 7.91. The lowest BCUT2D eigenvalue weighted by Gasteiger charge is -2.24. The Morgan fingerprint density at radius 1 is 1.61 bits per heavy atom. The van der Waals surface area contributed by atoms with Gasteiger partial charge in [-0.1, -0.05) is 18.5 Å². The average molecular weight is 308 g/mol. The third-order valence-electron chi connectivity index (χ3n) is 2.66. The van der Waals surface area contributed by atoms with E-state index in [1.54, 1.807) is 25.8 Å². The van der Waals surface area contributed by atoms with E-state index in [0.717, 1.165) is 11.5 Å². The van der Waals surface area contributed by atoms with Crippen molar-refractivity contribution < 1.29 is 8.42 Å². The van der Waals surface area contributed by atoms with E-state index in [-0.39, 0.29) is 22.7 Å². The standard InChI is InChI=1S/C10H14ClN3O2S2/c1-4-18(15,16)6-7(2)14(3)10-8(5-12)9(11)13-17-10/h7H,4,6H2,1-3H3/t7-/m1/s1. The van der Waals surface area contributed by atoms with Gasteiger partial charge in [-0.05, 0) is 18.5 Å². The lowest BCUT2D eigenvalue weighted by Crippen LogP contribution is -2.35. The van der Waals surface area contributed by atoms with E-state index in [0.29, 0.717) is 10.6 Å². The van der Waals surface area contributed by atoms with Gasteiger partial charge < -0.3 is 4.90 Å². The van der Waals surface area contributed by atoms with Crippen molar-refractivity contribution in [3.05, 3.63) is 10.7 Å². The van der Waals surface area contributed by atoms with Gasteiger partial charge in [0.1, 0.15) is 16.6 Å². The minimum atomic E-state index is -3.06. The number of hydrogen-bond acceptors (Lipinski definition) is 6. The smallest absolute Gasteiger partial charge is 0.162 e. The van der Waals surface area contributed by atoms with Crippen LogP contribution in [-0.2, 0) is 9.84 Å². The molecule has 18 heavy (non-hydrogen) atoms. The zero-order chi connectivity index (χ0) is 13.9. The first-order chi connectivity index (χ1) is 8.32. The van der Waals surface area contributed by atoms with E-state index in [1.807, 2.05) is 6.07 Å². The molecule has 8 heteroatoms. The Bertz CT molecular complexity index is 562. The summed E-state index contributed by atoms with van der Waals surface area (Å²) in [7, 11) is -1.32. The Morgan fingerprint density at radius 2 is 2.22 bits per heavy atom. The first-order valence-corrected chi connectivity index (χ1v) is 8.28. The van der Waals surface area contributed by atoms with Crippen LogP contribution in [-0.4, -0.2) is 37.4 Å². The van der Waals surface area contributed by atoms with Crippen molar-refractivity contribution in [3.63, 3.8) is 0 Å². The van der Waals surface area contributed by atoms with E-state index < -0.39 is 9.84 Å². The van der Waals surface area contributed by atoms with E-state index >= 15 is 0 Å². The van der Waals surface area contributed by atoms with Crippen molar-refractivity contribution in [1.29, 1.82) is 5.26 Å². The minimum absolute atomic E-state index is 0.0421. The van der Waals surface area contributed by atoms with Crippen LogP contribution in [0.4, 0.5) is 5.00 Å². The first-order valence-electron chi connectivity index (χ1n) is 5.31. The number of aromatic nitrogens is 1. The van der Waals surface area contributed by atoms with Crippen molar-refractivity contribution in [3.8, 4) is 6.07 Å². The molecule has 0 bridgehead atoms. The monoisotopic (exact) mass is 307 g/mol. The van der Waals surface area contributed by atoms with Crippen LogP contribution in [0.25, 0.3) is 0 Å². The molecule has 100 valence electrons. The van der Waals surface area contributed by atoms with Gasteiger partial charge in [0.05, 0.1) is 5.75 Å². The molecule has 0 unspecified atom stereocenters. The summed E-state index contributed by atoms with van der Waals surface area (Å²) in [6.45, 7) is 3.41. The number of nitrogens with zero attached hydrogens (tertiary/aromatic N) is 3. The number of sulfone groups is 1. The molecule has 0 amide bonds. The summed E-state index contributed by atoms with van der Waals surface area (Å²) in [5, 5.41) is 9.75. The Morgan fingerprint density at radius 3 is 2.72 bits per heavy atom. The van der Waals surface area contributed by atoms with Crippen molar-refractivity contribution in [2.45, 2.75) is 19.9 Å². The number of rotatable bonds is 5. The van der Waals surface area contributed by atoms with E-state index in [1.165, 1.54) is 0 Å². The Labute approximate surface area is 116 Å². The molecule has 0 radical (unpaired) electrons. The molecule has 1 aromatic rings. The summed E-state index contributed by atoms with van der Waals surface area (Å²) in [4.78, 5) is 1.73. The maximum absolute atomic E-state index is 11.6. The predicted molar refractivity (Wildman–Crippen MR) is 74.0 cm³/mol. The zero-order valence-electron chi connectivity index (χ0n) is 10.3. The Hall–Kier alpha value is -0.840. The highest BCUT2D eigenvalue weighted by atomic mass is 35.5. The SMILES string of the molecule is CCS(=O)(=O)C[C@@H](C)N(C)c1snc(Cl)c1C#N. The number of nitriles is 1. The van der Waals surface area contributed by atoms with Crippen LogP contribution in [0.15, 0.2) is 0 Å². The number of halogens is 1. The molecule has 0 aromatic carbocycles. The maximum atomic E-state index is 11.6. The van der Waals surface area contributed by atoms with Crippen LogP contribution in [0, 0.1) is 11.3 Å². The Kier molecular flexibility index (Phi) is 4.96. The molecule has 0 aliphatic carbocycles. The molecule has 0 aliphatic heterocycles. The molecule has 5 nitrogen and oxygen atoms in total. The quantitative estimate of drug-likeness (QED) is 0.831. The van der Waals surface area contributed by atoms with Gasteiger partial charge in [0, 0.05) is 18.8 Å². The second-order valence-electron chi connectivity index (χ2n) is 3.92. The van der Waals surface area contributed by atoms with Crippen LogP contribution in [0.1, 0.15) is 19.4 Å². The molecular formula is C10H14ClN3O2S2. The van der Waals surface area contributed by atoms with Crippen LogP contribution in [0.2, 0.25) is 5.15 Å². The molecule has 1 rings (SSSR count). The summed E-state index contributed by atoms with van der Waals surface area (Å²) >= 11 is 6.88. The molecule has 0 fully saturated rings. The predicted octanol–water partition coefficient (Wildman–Crippen LogP) is 1.93. The summed E-state index contributed by atoms with van der Waals surface area (Å²) in [5.41, 5.74) is 0.296.